The number of fused-ring (bicyclic) bond motifs is 1. The van der Waals surface area contributed by atoms with Gasteiger partial charge < -0.3 is 20.4 Å². The maximum atomic E-state index is 14.3. The van der Waals surface area contributed by atoms with Gasteiger partial charge in [-0.1, -0.05) is 13.8 Å². The highest BCUT2D eigenvalue weighted by molar-refractivity contribution is 6.13. The number of anilines is 1. The van der Waals surface area contributed by atoms with E-state index >= 15 is 0 Å². The Bertz CT molecular complexity index is 861. The van der Waals surface area contributed by atoms with Crippen LogP contribution in [0.5, 0.6) is 5.75 Å². The van der Waals surface area contributed by atoms with Crippen molar-refractivity contribution in [3.05, 3.63) is 47.0 Å². The molecule has 6 nitrogen and oxygen atoms in total. The van der Waals surface area contributed by atoms with E-state index in [-0.39, 0.29) is 11.5 Å². The summed E-state index contributed by atoms with van der Waals surface area (Å²) in [7, 11) is 0. The first-order chi connectivity index (χ1) is 13.5. The van der Waals surface area contributed by atoms with Gasteiger partial charge in [0.25, 0.3) is 5.91 Å². The maximum Gasteiger partial charge on any atom is 0.257 e. The second-order valence-electron chi connectivity index (χ2n) is 7.38. The van der Waals surface area contributed by atoms with Crippen molar-refractivity contribution in [2.75, 3.05) is 25.0 Å². The molecule has 1 heterocycles. The standard InChI is InChI=1S/C21H26FN3O3/c1-13(2)11-23-8-9-28-19-7-6-14(10-16(19)22)25-21(27)15-12-24-17-4-3-5-18(26)20(15)17/h6-7,10,12-13,23-24H,3-5,8-9,11H2,1-2H3,(H,25,27). The summed E-state index contributed by atoms with van der Waals surface area (Å²) in [6, 6.07) is 4.29. The van der Waals surface area contributed by atoms with Crippen molar-refractivity contribution in [1.29, 1.82) is 0 Å². The zero-order valence-electron chi connectivity index (χ0n) is 16.2. The molecule has 1 aliphatic carbocycles. The number of ether oxygens (including phenoxy) is 1. The minimum absolute atomic E-state index is 0.0337. The molecule has 0 radical (unpaired) electrons. The van der Waals surface area contributed by atoms with Gasteiger partial charge in [-0.25, -0.2) is 4.39 Å². The van der Waals surface area contributed by atoms with Gasteiger partial charge in [0.1, 0.15) is 6.61 Å². The number of benzene rings is 1. The zero-order valence-corrected chi connectivity index (χ0v) is 16.2. The van der Waals surface area contributed by atoms with E-state index in [1.54, 1.807) is 12.3 Å². The average Bonchev–Trinajstić information content (AvgIpc) is 3.08. The third kappa shape index (κ3) is 4.78. The first kappa shape index (κ1) is 20.1. The molecule has 3 N–H and O–H groups in total. The van der Waals surface area contributed by atoms with Crippen molar-refractivity contribution in [2.24, 2.45) is 5.92 Å². The van der Waals surface area contributed by atoms with E-state index in [0.29, 0.717) is 42.3 Å². The first-order valence-corrected chi connectivity index (χ1v) is 9.63. The molecule has 0 bridgehead atoms. The fraction of sp³-hybridized carbons (Fsp3) is 0.429. The number of Topliss-reactive ketones (excluding diaryl/α,β-unsaturated/α-hetero) is 1. The average molecular weight is 387 g/mol. The number of aromatic nitrogens is 1. The van der Waals surface area contributed by atoms with Crippen LogP contribution in [0, 0.1) is 11.7 Å². The fourth-order valence-corrected chi connectivity index (χ4v) is 3.23. The van der Waals surface area contributed by atoms with E-state index in [1.165, 1.54) is 12.1 Å². The molecule has 0 fully saturated rings. The number of nitrogens with one attached hydrogen (secondary N) is 3. The van der Waals surface area contributed by atoms with Crippen molar-refractivity contribution >= 4 is 17.4 Å². The van der Waals surface area contributed by atoms with Crippen LogP contribution >= 0.6 is 0 Å². The van der Waals surface area contributed by atoms with E-state index in [0.717, 1.165) is 25.1 Å². The number of rotatable bonds is 8. The molecule has 3 rings (SSSR count). The lowest BCUT2D eigenvalue weighted by molar-refractivity contribution is 0.0956. The normalized spacial score (nSPS) is 13.5. The molecule has 1 aromatic carbocycles. The number of aromatic amines is 1. The zero-order chi connectivity index (χ0) is 20.1. The highest BCUT2D eigenvalue weighted by Gasteiger charge is 2.26. The Balaban J connectivity index is 1.59. The van der Waals surface area contributed by atoms with Crippen molar-refractivity contribution in [3.8, 4) is 5.75 Å². The Morgan fingerprint density at radius 3 is 2.89 bits per heavy atom. The molecular weight excluding hydrogens is 361 g/mol. The second-order valence-corrected chi connectivity index (χ2v) is 7.38. The van der Waals surface area contributed by atoms with Crippen LogP contribution in [0.4, 0.5) is 10.1 Å². The number of halogens is 1. The summed E-state index contributed by atoms with van der Waals surface area (Å²) in [5, 5.41) is 5.87. The summed E-state index contributed by atoms with van der Waals surface area (Å²) in [6.07, 6.45) is 3.52. The summed E-state index contributed by atoms with van der Waals surface area (Å²) in [5.74, 6) is -0.333. The Labute approximate surface area is 163 Å². The molecule has 1 aliphatic rings. The number of carbonyl (C=O) groups excluding carboxylic acids is 2. The van der Waals surface area contributed by atoms with Gasteiger partial charge >= 0.3 is 0 Å². The summed E-state index contributed by atoms with van der Waals surface area (Å²) in [5.41, 5.74) is 1.86. The molecule has 0 spiro atoms. The number of ketones is 1. The van der Waals surface area contributed by atoms with Crippen LogP contribution in [0.3, 0.4) is 0 Å². The number of hydrogen-bond donors (Lipinski definition) is 3. The molecule has 28 heavy (non-hydrogen) atoms. The van der Waals surface area contributed by atoms with Crippen LogP contribution in [0.1, 0.15) is 53.1 Å². The van der Waals surface area contributed by atoms with E-state index in [2.05, 4.69) is 29.5 Å². The Kier molecular flexibility index (Phi) is 6.46. The van der Waals surface area contributed by atoms with Crippen LogP contribution in [0.25, 0.3) is 0 Å². The van der Waals surface area contributed by atoms with Gasteiger partial charge in [0.05, 0.1) is 11.1 Å². The lowest BCUT2D eigenvalue weighted by Gasteiger charge is -2.13. The second kappa shape index (κ2) is 9.01. The van der Waals surface area contributed by atoms with Crippen molar-refractivity contribution < 1.29 is 18.7 Å². The summed E-state index contributed by atoms with van der Waals surface area (Å²) in [4.78, 5) is 27.7. The monoisotopic (exact) mass is 387 g/mol. The lowest BCUT2D eigenvalue weighted by atomic mass is 9.93. The predicted molar refractivity (Wildman–Crippen MR) is 106 cm³/mol. The Morgan fingerprint density at radius 1 is 1.32 bits per heavy atom. The topological polar surface area (TPSA) is 83.2 Å². The molecule has 0 saturated carbocycles. The smallest absolute Gasteiger partial charge is 0.257 e. The number of H-pyrrole nitrogens is 1. The molecule has 0 saturated heterocycles. The van der Waals surface area contributed by atoms with Crippen LogP contribution in [-0.2, 0) is 6.42 Å². The molecule has 0 unspecified atom stereocenters. The van der Waals surface area contributed by atoms with Gasteiger partial charge in [-0.2, -0.15) is 0 Å². The summed E-state index contributed by atoms with van der Waals surface area (Å²) < 4.78 is 19.7. The predicted octanol–water partition coefficient (Wildman–Crippen LogP) is 3.55. The van der Waals surface area contributed by atoms with E-state index in [9.17, 15) is 14.0 Å². The highest BCUT2D eigenvalue weighted by atomic mass is 19.1. The molecule has 150 valence electrons. The van der Waals surface area contributed by atoms with Crippen LogP contribution in [0.2, 0.25) is 0 Å². The molecule has 1 aromatic heterocycles. The summed E-state index contributed by atoms with van der Waals surface area (Å²) >= 11 is 0. The van der Waals surface area contributed by atoms with Gasteiger partial charge in [-0.3, -0.25) is 9.59 Å². The number of aryl methyl sites for hydroxylation is 1. The fourth-order valence-electron chi connectivity index (χ4n) is 3.23. The van der Waals surface area contributed by atoms with Crippen LogP contribution in [0.15, 0.2) is 24.4 Å². The third-order valence-corrected chi connectivity index (χ3v) is 4.59. The van der Waals surface area contributed by atoms with Gasteiger partial charge in [0, 0.05) is 36.6 Å². The minimum Gasteiger partial charge on any atom is -0.489 e. The lowest BCUT2D eigenvalue weighted by Crippen LogP contribution is -2.25. The molecule has 0 atom stereocenters. The number of amides is 1. The minimum atomic E-state index is -0.547. The Hall–Kier alpha value is -2.67. The van der Waals surface area contributed by atoms with E-state index in [4.69, 9.17) is 4.74 Å². The van der Waals surface area contributed by atoms with E-state index < -0.39 is 11.7 Å². The van der Waals surface area contributed by atoms with Crippen molar-refractivity contribution in [3.63, 3.8) is 0 Å². The molecule has 2 aromatic rings. The Morgan fingerprint density at radius 2 is 2.14 bits per heavy atom. The molecule has 0 aliphatic heterocycles. The van der Waals surface area contributed by atoms with E-state index in [1.807, 2.05) is 0 Å². The van der Waals surface area contributed by atoms with Gasteiger partial charge in [-0.05, 0) is 37.4 Å². The van der Waals surface area contributed by atoms with Crippen molar-refractivity contribution in [1.82, 2.24) is 10.3 Å². The maximum absolute atomic E-state index is 14.3. The van der Waals surface area contributed by atoms with Gasteiger partial charge in [0.15, 0.2) is 17.3 Å². The number of carbonyl (C=O) groups is 2. The largest absolute Gasteiger partial charge is 0.489 e. The van der Waals surface area contributed by atoms with Gasteiger partial charge in [-0.15, -0.1) is 0 Å². The van der Waals surface area contributed by atoms with Crippen LogP contribution in [-0.4, -0.2) is 36.4 Å². The summed E-state index contributed by atoms with van der Waals surface area (Å²) in [6.45, 7) is 6.08. The van der Waals surface area contributed by atoms with Crippen LogP contribution < -0.4 is 15.4 Å². The highest BCUT2D eigenvalue weighted by Crippen LogP contribution is 2.26. The SMILES string of the molecule is CC(C)CNCCOc1ccc(NC(=O)c2c[nH]c3c2C(=O)CCC3)cc1F. The first-order valence-electron chi connectivity index (χ1n) is 9.63. The molecule has 1 amide bonds. The quantitative estimate of drug-likeness (QED) is 0.605. The molecular formula is C21H26FN3O3. The molecule has 7 heteroatoms. The number of hydrogen-bond acceptors (Lipinski definition) is 4. The van der Waals surface area contributed by atoms with Crippen molar-refractivity contribution in [2.45, 2.75) is 33.1 Å². The van der Waals surface area contributed by atoms with Gasteiger partial charge in [0.2, 0.25) is 0 Å². The third-order valence-electron chi connectivity index (χ3n) is 4.59.